The third kappa shape index (κ3) is 4.05. The van der Waals surface area contributed by atoms with Crippen molar-refractivity contribution >= 4 is 23.2 Å². The monoisotopic (exact) mass is 290 g/mol. The fraction of sp³-hybridized carbons (Fsp3) is 0.200. The van der Waals surface area contributed by atoms with Gasteiger partial charge in [-0.3, -0.25) is 9.78 Å². The number of halogens is 1. The van der Waals surface area contributed by atoms with Crippen molar-refractivity contribution in [2.75, 3.05) is 5.32 Å². The molecule has 1 heterocycles. The number of anilines is 1. The molecular formula is C15H15ClN2O2. The molecule has 0 radical (unpaired) electrons. The standard InChI is InChI=1S/C15H15ClN2O2/c16-13-3-1-2-11(8-13)4-5-15(20)18-14-9-17-7-6-12(14)10-19/h1-3,6-9,19H,4-5,10H2,(H,18,20). The van der Waals surface area contributed by atoms with Gasteiger partial charge in [0, 0.05) is 23.2 Å². The van der Waals surface area contributed by atoms with E-state index in [-0.39, 0.29) is 12.5 Å². The lowest BCUT2D eigenvalue weighted by Crippen LogP contribution is -2.14. The second-order valence-corrected chi connectivity index (χ2v) is 4.81. The van der Waals surface area contributed by atoms with Crippen molar-refractivity contribution < 1.29 is 9.90 Å². The van der Waals surface area contributed by atoms with Crippen molar-refractivity contribution in [3.63, 3.8) is 0 Å². The van der Waals surface area contributed by atoms with Crippen LogP contribution in [0.15, 0.2) is 42.7 Å². The minimum atomic E-state index is -0.133. The van der Waals surface area contributed by atoms with Crippen molar-refractivity contribution in [1.29, 1.82) is 0 Å². The molecule has 2 N–H and O–H groups in total. The van der Waals surface area contributed by atoms with Gasteiger partial charge < -0.3 is 10.4 Å². The lowest BCUT2D eigenvalue weighted by molar-refractivity contribution is -0.116. The van der Waals surface area contributed by atoms with E-state index in [0.717, 1.165) is 5.56 Å². The van der Waals surface area contributed by atoms with Crippen molar-refractivity contribution in [3.05, 3.63) is 58.9 Å². The van der Waals surface area contributed by atoms with E-state index in [1.807, 2.05) is 18.2 Å². The van der Waals surface area contributed by atoms with Crippen molar-refractivity contribution in [1.82, 2.24) is 4.98 Å². The van der Waals surface area contributed by atoms with E-state index in [2.05, 4.69) is 10.3 Å². The molecule has 1 aromatic heterocycles. The lowest BCUT2D eigenvalue weighted by atomic mass is 10.1. The van der Waals surface area contributed by atoms with Gasteiger partial charge in [0.25, 0.3) is 0 Å². The van der Waals surface area contributed by atoms with Crippen LogP contribution in [0.2, 0.25) is 5.02 Å². The maximum atomic E-state index is 11.9. The van der Waals surface area contributed by atoms with E-state index in [4.69, 9.17) is 11.6 Å². The number of hydrogen-bond donors (Lipinski definition) is 2. The van der Waals surface area contributed by atoms with Crippen LogP contribution in [0, 0.1) is 0 Å². The Morgan fingerprint density at radius 2 is 2.20 bits per heavy atom. The molecule has 2 aromatic rings. The largest absolute Gasteiger partial charge is 0.392 e. The van der Waals surface area contributed by atoms with Gasteiger partial charge in [0.2, 0.25) is 5.91 Å². The predicted molar refractivity (Wildman–Crippen MR) is 78.6 cm³/mol. The van der Waals surface area contributed by atoms with Crippen LogP contribution < -0.4 is 5.32 Å². The molecule has 5 heteroatoms. The highest BCUT2D eigenvalue weighted by molar-refractivity contribution is 6.30. The Kier molecular flexibility index (Phi) is 5.09. The molecule has 20 heavy (non-hydrogen) atoms. The number of carbonyl (C=O) groups is 1. The fourth-order valence-electron chi connectivity index (χ4n) is 1.84. The van der Waals surface area contributed by atoms with E-state index >= 15 is 0 Å². The number of carbonyl (C=O) groups excluding carboxylic acids is 1. The quantitative estimate of drug-likeness (QED) is 0.890. The predicted octanol–water partition coefficient (Wildman–Crippen LogP) is 2.80. The van der Waals surface area contributed by atoms with E-state index in [0.29, 0.717) is 29.1 Å². The van der Waals surface area contributed by atoms with Gasteiger partial charge in [-0.15, -0.1) is 0 Å². The smallest absolute Gasteiger partial charge is 0.224 e. The molecule has 4 nitrogen and oxygen atoms in total. The van der Waals surface area contributed by atoms with E-state index < -0.39 is 0 Å². The highest BCUT2D eigenvalue weighted by atomic mass is 35.5. The van der Waals surface area contributed by atoms with Gasteiger partial charge in [-0.05, 0) is 30.2 Å². The van der Waals surface area contributed by atoms with Gasteiger partial charge in [0.1, 0.15) is 0 Å². The number of rotatable bonds is 5. The van der Waals surface area contributed by atoms with Crippen molar-refractivity contribution in [3.8, 4) is 0 Å². The normalized spacial score (nSPS) is 10.3. The first-order chi connectivity index (χ1) is 9.69. The van der Waals surface area contributed by atoms with Crippen LogP contribution in [0.3, 0.4) is 0 Å². The van der Waals surface area contributed by atoms with Gasteiger partial charge >= 0.3 is 0 Å². The molecule has 0 atom stereocenters. The summed E-state index contributed by atoms with van der Waals surface area (Å²) in [5.74, 6) is -0.118. The van der Waals surface area contributed by atoms with Crippen LogP contribution in [-0.2, 0) is 17.8 Å². The van der Waals surface area contributed by atoms with Crippen LogP contribution in [-0.4, -0.2) is 16.0 Å². The summed E-state index contributed by atoms with van der Waals surface area (Å²) in [7, 11) is 0. The molecule has 2 rings (SSSR count). The number of nitrogens with zero attached hydrogens (tertiary/aromatic N) is 1. The molecule has 0 aliphatic carbocycles. The third-order valence-corrected chi connectivity index (χ3v) is 3.12. The Morgan fingerprint density at radius 3 is 2.95 bits per heavy atom. The van der Waals surface area contributed by atoms with Crippen LogP contribution >= 0.6 is 11.6 Å². The SMILES string of the molecule is O=C(CCc1cccc(Cl)c1)Nc1cnccc1CO. The molecule has 0 spiro atoms. The maximum absolute atomic E-state index is 11.9. The number of aliphatic hydroxyl groups is 1. The molecule has 0 unspecified atom stereocenters. The molecule has 0 aliphatic heterocycles. The average molecular weight is 291 g/mol. The van der Waals surface area contributed by atoms with E-state index in [1.165, 1.54) is 6.20 Å². The summed E-state index contributed by atoms with van der Waals surface area (Å²) >= 11 is 5.89. The number of hydrogen-bond acceptors (Lipinski definition) is 3. The Hall–Kier alpha value is -1.91. The summed E-state index contributed by atoms with van der Waals surface area (Å²) in [6, 6.07) is 9.11. The molecule has 0 saturated heterocycles. The first-order valence-electron chi connectivity index (χ1n) is 6.27. The number of nitrogens with one attached hydrogen (secondary N) is 1. The Labute approximate surface area is 122 Å². The Balaban J connectivity index is 1.93. The summed E-state index contributed by atoms with van der Waals surface area (Å²) in [4.78, 5) is 15.8. The minimum absolute atomic E-state index is 0.118. The molecular weight excluding hydrogens is 276 g/mol. The topological polar surface area (TPSA) is 62.2 Å². The van der Waals surface area contributed by atoms with Crippen LogP contribution in [0.4, 0.5) is 5.69 Å². The molecule has 1 amide bonds. The molecule has 0 saturated carbocycles. The van der Waals surface area contributed by atoms with Gasteiger partial charge in [0.05, 0.1) is 18.5 Å². The summed E-state index contributed by atoms with van der Waals surface area (Å²) in [6.07, 6.45) is 4.07. The highest BCUT2D eigenvalue weighted by Gasteiger charge is 2.07. The fourth-order valence-corrected chi connectivity index (χ4v) is 2.05. The average Bonchev–Trinajstić information content (AvgIpc) is 2.46. The number of benzene rings is 1. The molecule has 104 valence electrons. The maximum Gasteiger partial charge on any atom is 0.224 e. The molecule has 1 aromatic carbocycles. The van der Waals surface area contributed by atoms with Crippen LogP contribution in [0.25, 0.3) is 0 Å². The third-order valence-electron chi connectivity index (χ3n) is 2.89. The van der Waals surface area contributed by atoms with Gasteiger partial charge in [0.15, 0.2) is 0 Å². The lowest BCUT2D eigenvalue weighted by Gasteiger charge is -2.08. The minimum Gasteiger partial charge on any atom is -0.392 e. The van der Waals surface area contributed by atoms with E-state index in [9.17, 15) is 9.90 Å². The zero-order valence-corrected chi connectivity index (χ0v) is 11.6. The first-order valence-corrected chi connectivity index (χ1v) is 6.65. The first kappa shape index (κ1) is 14.5. The molecule has 0 fully saturated rings. The van der Waals surface area contributed by atoms with Gasteiger partial charge in [-0.2, -0.15) is 0 Å². The second-order valence-electron chi connectivity index (χ2n) is 4.37. The zero-order chi connectivity index (χ0) is 14.4. The number of aromatic nitrogens is 1. The van der Waals surface area contributed by atoms with E-state index in [1.54, 1.807) is 18.3 Å². The number of pyridine rings is 1. The summed E-state index contributed by atoms with van der Waals surface area (Å²) in [5, 5.41) is 12.6. The Bertz CT molecular complexity index is 602. The Morgan fingerprint density at radius 1 is 1.35 bits per heavy atom. The summed E-state index contributed by atoms with van der Waals surface area (Å²) < 4.78 is 0. The molecule has 0 bridgehead atoms. The van der Waals surface area contributed by atoms with Crippen molar-refractivity contribution in [2.45, 2.75) is 19.4 Å². The zero-order valence-electron chi connectivity index (χ0n) is 10.8. The van der Waals surface area contributed by atoms with Crippen LogP contribution in [0.5, 0.6) is 0 Å². The molecule has 0 aliphatic rings. The number of amides is 1. The van der Waals surface area contributed by atoms with Gasteiger partial charge in [-0.1, -0.05) is 23.7 Å². The van der Waals surface area contributed by atoms with Crippen LogP contribution in [0.1, 0.15) is 17.5 Å². The number of aliphatic hydroxyl groups excluding tert-OH is 1. The summed E-state index contributed by atoms with van der Waals surface area (Å²) in [6.45, 7) is -0.133. The number of aryl methyl sites for hydroxylation is 1. The highest BCUT2D eigenvalue weighted by Crippen LogP contribution is 2.15. The van der Waals surface area contributed by atoms with Crippen molar-refractivity contribution in [2.24, 2.45) is 0 Å². The second kappa shape index (κ2) is 7.03. The summed E-state index contributed by atoms with van der Waals surface area (Å²) in [5.41, 5.74) is 2.21. The van der Waals surface area contributed by atoms with Gasteiger partial charge in [-0.25, -0.2) is 0 Å².